The molecule has 0 fully saturated rings. The lowest BCUT2D eigenvalue weighted by atomic mass is 10.1. The molecule has 1 amide bonds. The lowest BCUT2D eigenvalue weighted by Gasteiger charge is -2.20. The Hall–Kier alpha value is -2.45. The van der Waals surface area contributed by atoms with Gasteiger partial charge in [0.15, 0.2) is 0 Å². The summed E-state index contributed by atoms with van der Waals surface area (Å²) < 4.78 is 49.9. The summed E-state index contributed by atoms with van der Waals surface area (Å²) in [5.41, 5.74) is -1.16. The van der Waals surface area contributed by atoms with E-state index in [0.717, 1.165) is 25.3 Å². The molecule has 0 aliphatic heterocycles. The summed E-state index contributed by atoms with van der Waals surface area (Å²) in [7, 11) is 1.05. The van der Waals surface area contributed by atoms with Crippen LogP contribution in [-0.2, 0) is 9.47 Å². The van der Waals surface area contributed by atoms with Crippen molar-refractivity contribution in [3.8, 4) is 5.75 Å². The zero-order chi connectivity index (χ0) is 17.8. The number of halogens is 3. The molecule has 23 heavy (non-hydrogen) atoms. The molecule has 0 unspecified atom stereocenters. The normalized spacial score (nSPS) is 11.6. The maximum Gasteiger partial charge on any atom is 0.573 e. The van der Waals surface area contributed by atoms with Gasteiger partial charge in [-0.2, -0.15) is 0 Å². The number of anilines is 1. The second-order valence-electron chi connectivity index (χ2n) is 5.37. The third-order valence-corrected chi connectivity index (χ3v) is 2.27. The fourth-order valence-corrected chi connectivity index (χ4v) is 1.52. The van der Waals surface area contributed by atoms with E-state index < -0.39 is 29.8 Å². The molecule has 1 aromatic carbocycles. The minimum absolute atomic E-state index is 0.0689. The van der Waals surface area contributed by atoms with Gasteiger partial charge in [-0.05, 0) is 39.0 Å². The highest BCUT2D eigenvalue weighted by Gasteiger charge is 2.31. The molecule has 0 aromatic heterocycles. The highest BCUT2D eigenvalue weighted by atomic mass is 19.4. The van der Waals surface area contributed by atoms with Crippen LogP contribution in [0.1, 0.15) is 31.1 Å². The highest BCUT2D eigenvalue weighted by Crippen LogP contribution is 2.28. The average Bonchev–Trinajstić information content (AvgIpc) is 2.35. The summed E-state index contributed by atoms with van der Waals surface area (Å²) in [6.45, 7) is 4.90. The quantitative estimate of drug-likeness (QED) is 0.852. The molecule has 0 heterocycles. The van der Waals surface area contributed by atoms with E-state index in [2.05, 4.69) is 14.8 Å². The van der Waals surface area contributed by atoms with E-state index in [4.69, 9.17) is 4.74 Å². The number of methoxy groups -OCH3 is 1. The number of hydrogen-bond acceptors (Lipinski definition) is 5. The number of alkyl halides is 3. The highest BCUT2D eigenvalue weighted by molar-refractivity contribution is 6.00. The molecule has 128 valence electrons. The summed E-state index contributed by atoms with van der Waals surface area (Å²) in [6.07, 6.45) is -5.78. The Kier molecular flexibility index (Phi) is 5.46. The van der Waals surface area contributed by atoms with Crippen molar-refractivity contribution in [1.29, 1.82) is 0 Å². The minimum Gasteiger partial charge on any atom is -0.465 e. The first-order valence-electron chi connectivity index (χ1n) is 6.39. The third kappa shape index (κ3) is 6.45. The van der Waals surface area contributed by atoms with E-state index in [9.17, 15) is 22.8 Å². The Morgan fingerprint density at radius 1 is 1.13 bits per heavy atom. The lowest BCUT2D eigenvalue weighted by molar-refractivity contribution is -0.274. The van der Waals surface area contributed by atoms with Gasteiger partial charge in [-0.1, -0.05) is 0 Å². The number of esters is 1. The first kappa shape index (κ1) is 18.6. The molecule has 0 aliphatic carbocycles. The van der Waals surface area contributed by atoms with Gasteiger partial charge in [0.2, 0.25) is 0 Å². The maximum atomic E-state index is 12.2. The van der Waals surface area contributed by atoms with Gasteiger partial charge in [-0.3, -0.25) is 5.32 Å². The van der Waals surface area contributed by atoms with Gasteiger partial charge in [0, 0.05) is 0 Å². The zero-order valence-corrected chi connectivity index (χ0v) is 12.9. The van der Waals surface area contributed by atoms with Gasteiger partial charge >= 0.3 is 18.4 Å². The number of amides is 1. The number of benzene rings is 1. The summed E-state index contributed by atoms with van der Waals surface area (Å²) in [5.74, 6) is -1.56. The second-order valence-corrected chi connectivity index (χ2v) is 5.37. The van der Waals surface area contributed by atoms with Crippen molar-refractivity contribution in [2.24, 2.45) is 0 Å². The third-order valence-electron chi connectivity index (χ3n) is 2.27. The molecule has 6 nitrogen and oxygen atoms in total. The molecule has 1 aromatic rings. The standard InChI is InChI=1S/C14H16F3NO5/c1-13(2,3)23-12(20)18-10-6-5-8(22-14(15,16)17)7-9(10)11(19)21-4/h5-7H,1-4H3,(H,18,20). The maximum absolute atomic E-state index is 12.2. The molecule has 1 rings (SSSR count). The number of carbonyl (C=O) groups excluding carboxylic acids is 2. The monoisotopic (exact) mass is 335 g/mol. The molecule has 0 bridgehead atoms. The van der Waals surface area contributed by atoms with E-state index in [-0.39, 0.29) is 11.3 Å². The molecule has 0 saturated heterocycles. The van der Waals surface area contributed by atoms with Crippen molar-refractivity contribution in [3.05, 3.63) is 23.8 Å². The van der Waals surface area contributed by atoms with Crippen LogP contribution >= 0.6 is 0 Å². The number of ether oxygens (including phenoxy) is 3. The van der Waals surface area contributed by atoms with Gasteiger partial charge in [-0.15, -0.1) is 13.2 Å². The summed E-state index contributed by atoms with van der Waals surface area (Å²) >= 11 is 0. The first-order chi connectivity index (χ1) is 10.4. The van der Waals surface area contributed by atoms with Crippen LogP contribution in [0.25, 0.3) is 0 Å². The van der Waals surface area contributed by atoms with Crippen molar-refractivity contribution in [3.63, 3.8) is 0 Å². The summed E-state index contributed by atoms with van der Waals surface area (Å²) in [5, 5.41) is 2.27. The molecule has 0 aliphatic rings. The summed E-state index contributed by atoms with van der Waals surface area (Å²) in [6, 6.07) is 2.84. The zero-order valence-electron chi connectivity index (χ0n) is 12.9. The van der Waals surface area contributed by atoms with Crippen molar-refractivity contribution in [2.75, 3.05) is 12.4 Å². The lowest BCUT2D eigenvalue weighted by Crippen LogP contribution is -2.28. The molecule has 0 saturated carbocycles. The molecule has 0 spiro atoms. The predicted octanol–water partition coefficient (Wildman–Crippen LogP) is 3.72. The van der Waals surface area contributed by atoms with E-state index in [1.807, 2.05) is 0 Å². The van der Waals surface area contributed by atoms with E-state index in [1.165, 1.54) is 0 Å². The van der Waals surface area contributed by atoms with Gasteiger partial charge < -0.3 is 14.2 Å². The molecule has 0 atom stereocenters. The smallest absolute Gasteiger partial charge is 0.465 e. The van der Waals surface area contributed by atoms with Crippen LogP contribution in [0, 0.1) is 0 Å². The van der Waals surface area contributed by atoms with Crippen LogP contribution < -0.4 is 10.1 Å². The molecular formula is C14H16F3NO5. The van der Waals surface area contributed by atoms with Crippen molar-refractivity contribution >= 4 is 17.7 Å². The average molecular weight is 335 g/mol. The van der Waals surface area contributed by atoms with Gasteiger partial charge in [0.25, 0.3) is 0 Å². The number of nitrogens with one attached hydrogen (secondary N) is 1. The van der Waals surface area contributed by atoms with Gasteiger partial charge in [0.05, 0.1) is 18.4 Å². The molecule has 1 N–H and O–H groups in total. The van der Waals surface area contributed by atoms with Crippen molar-refractivity contribution in [1.82, 2.24) is 0 Å². The fourth-order valence-electron chi connectivity index (χ4n) is 1.52. The van der Waals surface area contributed by atoms with Crippen LogP contribution in [-0.4, -0.2) is 31.1 Å². The Bertz CT molecular complexity index is 593. The van der Waals surface area contributed by atoms with Crippen LogP contribution in [0.2, 0.25) is 0 Å². The largest absolute Gasteiger partial charge is 0.573 e. The van der Waals surface area contributed by atoms with Crippen LogP contribution in [0.15, 0.2) is 18.2 Å². The number of rotatable bonds is 3. The predicted molar refractivity (Wildman–Crippen MR) is 74.3 cm³/mol. The fraction of sp³-hybridized carbons (Fsp3) is 0.429. The number of hydrogen-bond donors (Lipinski definition) is 1. The molecule has 9 heteroatoms. The van der Waals surface area contributed by atoms with E-state index in [0.29, 0.717) is 0 Å². The Labute approximate surface area is 130 Å². The van der Waals surface area contributed by atoms with Crippen molar-refractivity contribution in [2.45, 2.75) is 32.7 Å². The van der Waals surface area contributed by atoms with Crippen LogP contribution in [0.5, 0.6) is 5.75 Å². The van der Waals surface area contributed by atoms with Gasteiger partial charge in [0.1, 0.15) is 11.4 Å². The molecular weight excluding hydrogens is 319 g/mol. The number of carbonyl (C=O) groups is 2. The molecule has 0 radical (unpaired) electrons. The van der Waals surface area contributed by atoms with E-state index >= 15 is 0 Å². The Balaban J connectivity index is 3.07. The Morgan fingerprint density at radius 2 is 1.74 bits per heavy atom. The Morgan fingerprint density at radius 3 is 2.22 bits per heavy atom. The first-order valence-corrected chi connectivity index (χ1v) is 6.39. The SMILES string of the molecule is COC(=O)c1cc(OC(F)(F)F)ccc1NC(=O)OC(C)(C)C. The minimum atomic E-state index is -4.91. The van der Waals surface area contributed by atoms with Crippen molar-refractivity contribution < 1.29 is 37.0 Å². The van der Waals surface area contributed by atoms with Crippen LogP contribution in [0.3, 0.4) is 0 Å². The van der Waals surface area contributed by atoms with E-state index in [1.54, 1.807) is 20.8 Å². The topological polar surface area (TPSA) is 73.9 Å². The summed E-state index contributed by atoms with van der Waals surface area (Å²) in [4.78, 5) is 23.4. The van der Waals surface area contributed by atoms with Gasteiger partial charge in [-0.25, -0.2) is 9.59 Å². The van der Waals surface area contributed by atoms with Crippen LogP contribution in [0.4, 0.5) is 23.7 Å². The second kappa shape index (κ2) is 6.76.